The third-order valence-corrected chi connectivity index (χ3v) is 1.72. The average Bonchev–Trinajstić information content (AvgIpc) is 1.96. The lowest BCUT2D eigenvalue weighted by molar-refractivity contribution is 1.15. The van der Waals surface area contributed by atoms with E-state index in [0.29, 0.717) is 5.15 Å². The fraction of sp³-hybridized carbons (Fsp3) is 0.111. The minimum absolute atomic E-state index is 0.457. The van der Waals surface area contributed by atoms with Crippen LogP contribution in [0.25, 0.3) is 12.8 Å². The van der Waals surface area contributed by atoms with E-state index >= 15 is 0 Å². The maximum atomic E-state index is 5.71. The zero-order chi connectivity index (χ0) is 9.14. The molecule has 0 aliphatic rings. The van der Waals surface area contributed by atoms with Gasteiger partial charge in [0, 0.05) is 17.1 Å². The molecule has 1 aromatic rings. The predicted molar refractivity (Wildman–Crippen MR) is 52.8 cm³/mol. The van der Waals surface area contributed by atoms with Crippen LogP contribution in [0.1, 0.15) is 5.69 Å². The first kappa shape index (κ1) is 8.94. The number of aromatic nitrogens is 1. The minimum Gasteiger partial charge on any atom is -0.272 e. The standard InChI is InChI=1S/C9H9ClN2/c1-6-4-9(10)12-7(2)8(6)5-11-3/h4-5H,1,3H2,2H3/b8-5+. The van der Waals surface area contributed by atoms with Crippen molar-refractivity contribution >= 4 is 31.1 Å². The van der Waals surface area contributed by atoms with E-state index in [1.165, 1.54) is 0 Å². The minimum atomic E-state index is 0.457. The fourth-order valence-corrected chi connectivity index (χ4v) is 1.23. The van der Waals surface area contributed by atoms with Crippen molar-refractivity contribution in [2.24, 2.45) is 4.99 Å². The van der Waals surface area contributed by atoms with Crippen LogP contribution in [-0.4, -0.2) is 11.7 Å². The van der Waals surface area contributed by atoms with Gasteiger partial charge in [-0.15, -0.1) is 0 Å². The van der Waals surface area contributed by atoms with Crippen LogP contribution in [0.5, 0.6) is 0 Å². The summed E-state index contributed by atoms with van der Waals surface area (Å²) in [6, 6.07) is 1.70. The van der Waals surface area contributed by atoms with Crippen LogP contribution in [0.2, 0.25) is 5.15 Å². The van der Waals surface area contributed by atoms with Gasteiger partial charge in [-0.2, -0.15) is 0 Å². The first-order valence-electron chi connectivity index (χ1n) is 3.43. The zero-order valence-electron chi connectivity index (χ0n) is 6.84. The first-order valence-corrected chi connectivity index (χ1v) is 3.81. The number of halogens is 1. The molecular formula is C9H9ClN2. The highest BCUT2D eigenvalue weighted by Crippen LogP contribution is 1.96. The van der Waals surface area contributed by atoms with Crippen LogP contribution >= 0.6 is 11.6 Å². The Morgan fingerprint density at radius 1 is 1.67 bits per heavy atom. The van der Waals surface area contributed by atoms with E-state index in [-0.39, 0.29) is 0 Å². The lowest BCUT2D eigenvalue weighted by Crippen LogP contribution is -2.27. The fourth-order valence-electron chi connectivity index (χ4n) is 0.974. The van der Waals surface area contributed by atoms with Gasteiger partial charge in [0.1, 0.15) is 5.15 Å². The summed E-state index contributed by atoms with van der Waals surface area (Å²) < 4.78 is 0. The average molecular weight is 181 g/mol. The lowest BCUT2D eigenvalue weighted by atomic mass is 10.2. The van der Waals surface area contributed by atoms with E-state index in [1.54, 1.807) is 12.3 Å². The van der Waals surface area contributed by atoms with E-state index in [0.717, 1.165) is 16.1 Å². The number of hydrogen-bond donors (Lipinski definition) is 0. The first-order chi connectivity index (χ1) is 5.65. The SMILES string of the molecule is C=N/C=c1/c(C)nc(Cl)cc1=C. The van der Waals surface area contributed by atoms with Crippen molar-refractivity contribution < 1.29 is 0 Å². The number of nitrogens with zero attached hydrogens (tertiary/aromatic N) is 2. The van der Waals surface area contributed by atoms with Gasteiger partial charge in [0.05, 0.1) is 0 Å². The summed E-state index contributed by atoms with van der Waals surface area (Å²) in [6.45, 7) is 9.04. The Morgan fingerprint density at radius 2 is 2.33 bits per heavy atom. The van der Waals surface area contributed by atoms with E-state index in [9.17, 15) is 0 Å². The molecule has 0 aliphatic carbocycles. The molecular weight excluding hydrogens is 172 g/mol. The molecule has 0 amide bonds. The van der Waals surface area contributed by atoms with Gasteiger partial charge < -0.3 is 0 Å². The molecule has 0 aromatic carbocycles. The number of aryl methyl sites for hydroxylation is 1. The highest BCUT2D eigenvalue weighted by molar-refractivity contribution is 6.29. The molecule has 0 N–H and O–H groups in total. The Hall–Kier alpha value is -1.15. The Labute approximate surface area is 75.9 Å². The number of aliphatic imine (C=N–C) groups is 1. The van der Waals surface area contributed by atoms with Crippen LogP contribution in [0.15, 0.2) is 11.1 Å². The van der Waals surface area contributed by atoms with E-state index in [1.807, 2.05) is 6.92 Å². The van der Waals surface area contributed by atoms with Crippen LogP contribution in [0.3, 0.4) is 0 Å². The number of pyridine rings is 1. The maximum absolute atomic E-state index is 5.71. The van der Waals surface area contributed by atoms with E-state index < -0.39 is 0 Å². The highest BCUT2D eigenvalue weighted by atomic mass is 35.5. The smallest absolute Gasteiger partial charge is 0.129 e. The Balaban J connectivity index is 3.60. The second-order valence-electron chi connectivity index (χ2n) is 2.41. The Kier molecular flexibility index (Phi) is 2.61. The summed E-state index contributed by atoms with van der Waals surface area (Å²) >= 11 is 5.71. The molecule has 2 nitrogen and oxygen atoms in total. The second kappa shape index (κ2) is 3.50. The summed E-state index contributed by atoms with van der Waals surface area (Å²) in [5, 5.41) is 2.16. The number of hydrogen-bond acceptors (Lipinski definition) is 2. The van der Waals surface area contributed by atoms with Gasteiger partial charge in [-0.25, -0.2) is 4.98 Å². The topological polar surface area (TPSA) is 25.2 Å². The summed E-state index contributed by atoms with van der Waals surface area (Å²) in [4.78, 5) is 7.72. The van der Waals surface area contributed by atoms with Gasteiger partial charge in [0.25, 0.3) is 0 Å². The predicted octanol–water partition coefficient (Wildman–Crippen LogP) is 0.892. The van der Waals surface area contributed by atoms with Crippen molar-refractivity contribution in [3.05, 3.63) is 27.4 Å². The van der Waals surface area contributed by atoms with Crippen molar-refractivity contribution in [1.82, 2.24) is 4.98 Å². The summed E-state index contributed by atoms with van der Waals surface area (Å²) in [7, 11) is 0. The van der Waals surface area contributed by atoms with Gasteiger partial charge in [0.2, 0.25) is 0 Å². The third kappa shape index (κ3) is 1.71. The monoisotopic (exact) mass is 180 g/mol. The molecule has 12 heavy (non-hydrogen) atoms. The molecule has 0 unspecified atom stereocenters. The quantitative estimate of drug-likeness (QED) is 0.466. The van der Waals surface area contributed by atoms with Crippen molar-refractivity contribution in [3.8, 4) is 0 Å². The van der Waals surface area contributed by atoms with Crippen LogP contribution in [0, 0.1) is 6.92 Å². The molecule has 0 saturated heterocycles. The molecule has 62 valence electrons. The molecule has 1 aromatic heterocycles. The summed E-state index contributed by atoms with van der Waals surface area (Å²) in [5.41, 5.74) is 0.819. The van der Waals surface area contributed by atoms with Crippen molar-refractivity contribution in [2.75, 3.05) is 0 Å². The third-order valence-electron chi connectivity index (χ3n) is 1.52. The Morgan fingerprint density at radius 3 is 2.83 bits per heavy atom. The normalized spacial score (nSPS) is 11.7. The van der Waals surface area contributed by atoms with Gasteiger partial charge in [0.15, 0.2) is 0 Å². The summed E-state index contributed by atoms with van der Waals surface area (Å²) in [6.07, 6.45) is 1.63. The molecule has 0 saturated carbocycles. The molecule has 1 rings (SSSR count). The van der Waals surface area contributed by atoms with Gasteiger partial charge in [-0.05, 0) is 24.9 Å². The van der Waals surface area contributed by atoms with Gasteiger partial charge >= 0.3 is 0 Å². The van der Waals surface area contributed by atoms with Crippen molar-refractivity contribution in [3.63, 3.8) is 0 Å². The molecule has 0 radical (unpaired) electrons. The molecule has 0 spiro atoms. The van der Waals surface area contributed by atoms with Gasteiger partial charge in [-0.1, -0.05) is 18.2 Å². The van der Waals surface area contributed by atoms with Crippen molar-refractivity contribution in [1.29, 1.82) is 0 Å². The summed E-state index contributed by atoms with van der Waals surface area (Å²) in [5.74, 6) is 0. The second-order valence-corrected chi connectivity index (χ2v) is 2.80. The molecule has 1 heterocycles. The van der Waals surface area contributed by atoms with Crippen molar-refractivity contribution in [2.45, 2.75) is 6.92 Å². The molecule has 0 aliphatic heterocycles. The van der Waals surface area contributed by atoms with E-state index in [4.69, 9.17) is 11.6 Å². The number of rotatable bonds is 1. The molecule has 3 heteroatoms. The molecule has 0 bridgehead atoms. The van der Waals surface area contributed by atoms with Crippen LogP contribution < -0.4 is 10.4 Å². The Bertz CT molecular complexity index is 409. The van der Waals surface area contributed by atoms with E-state index in [2.05, 4.69) is 23.3 Å². The zero-order valence-corrected chi connectivity index (χ0v) is 7.60. The van der Waals surface area contributed by atoms with Crippen LogP contribution in [0.4, 0.5) is 0 Å². The van der Waals surface area contributed by atoms with Gasteiger partial charge in [-0.3, -0.25) is 4.99 Å². The molecule has 0 atom stereocenters. The lowest BCUT2D eigenvalue weighted by Gasteiger charge is -1.94. The maximum Gasteiger partial charge on any atom is 0.129 e. The van der Waals surface area contributed by atoms with Crippen LogP contribution in [-0.2, 0) is 0 Å². The largest absolute Gasteiger partial charge is 0.272 e. The highest BCUT2D eigenvalue weighted by Gasteiger charge is 1.93. The molecule has 0 fully saturated rings.